The number of cyclic esters (lactones) is 1. The van der Waals surface area contributed by atoms with Crippen molar-refractivity contribution in [2.75, 3.05) is 27.8 Å². The van der Waals surface area contributed by atoms with Crippen molar-refractivity contribution in [2.45, 2.75) is 175 Å². The molecule has 4 rings (SSSR count). The van der Waals surface area contributed by atoms with Gasteiger partial charge in [0.2, 0.25) is 0 Å². The number of hydrogen-bond donors (Lipinski definition) is 0. The summed E-state index contributed by atoms with van der Waals surface area (Å²) in [5.74, 6) is -5.69. The van der Waals surface area contributed by atoms with Crippen LogP contribution in [0.1, 0.15) is 95.4 Å². The Hall–Kier alpha value is -2.73. The number of hydrogen-bond acceptors (Lipinski definition) is 16. The number of methoxy groups -OCH3 is 1. The summed E-state index contributed by atoms with van der Waals surface area (Å²) in [6, 6.07) is -0.247. The van der Waals surface area contributed by atoms with E-state index in [1.807, 2.05) is 39.8 Å². The lowest BCUT2D eigenvalue weighted by Gasteiger charge is -2.46. The fraction of sp³-hybridized carbons (Fsp3) is 0.878. The fourth-order valence-corrected chi connectivity index (χ4v) is 8.93. The second-order valence-electron chi connectivity index (χ2n) is 17.1. The second kappa shape index (κ2) is 19.6. The van der Waals surface area contributed by atoms with E-state index in [0.717, 1.165) is 0 Å². The van der Waals surface area contributed by atoms with E-state index in [2.05, 4.69) is 0 Å². The minimum atomic E-state index is -1.19. The zero-order valence-electron chi connectivity index (χ0n) is 36.2. The van der Waals surface area contributed by atoms with Crippen LogP contribution in [-0.4, -0.2) is 142 Å². The topological polar surface area (TPSA) is 184 Å². The molecule has 0 radical (unpaired) electrons. The van der Waals surface area contributed by atoms with Crippen LogP contribution in [0.15, 0.2) is 0 Å². The molecule has 4 aliphatic rings. The van der Waals surface area contributed by atoms with Crippen LogP contribution in [0.2, 0.25) is 0 Å². The van der Waals surface area contributed by atoms with Crippen LogP contribution in [0.4, 0.5) is 0 Å². The van der Waals surface area contributed by atoms with Crippen molar-refractivity contribution in [1.82, 2.24) is 4.90 Å². The number of Topliss-reactive ketones (excluding diaryl/α,β-unsaturated/α-hetero) is 1. The molecule has 10 unspecified atom stereocenters. The maximum Gasteiger partial charge on any atom is 0.311 e. The summed E-state index contributed by atoms with van der Waals surface area (Å²) in [6.45, 7) is 18.5. The van der Waals surface area contributed by atoms with Crippen LogP contribution in [0, 0.1) is 29.6 Å². The van der Waals surface area contributed by atoms with Gasteiger partial charge in [-0.2, -0.15) is 0 Å². The van der Waals surface area contributed by atoms with E-state index in [-0.39, 0.29) is 37.4 Å². The van der Waals surface area contributed by atoms with E-state index in [1.165, 1.54) is 27.9 Å². The Morgan fingerprint density at radius 3 is 1.82 bits per heavy atom. The van der Waals surface area contributed by atoms with Crippen molar-refractivity contribution in [1.29, 1.82) is 0 Å². The molecule has 4 aliphatic heterocycles. The molecular weight excluding hydrogens is 746 g/mol. The third kappa shape index (κ3) is 11.3. The molecule has 0 aromatic heterocycles. The Kier molecular flexibility index (Phi) is 16.1. The van der Waals surface area contributed by atoms with Crippen molar-refractivity contribution < 1.29 is 71.3 Å². The zero-order chi connectivity index (χ0) is 42.7. The number of carbonyl (C=O) groups is 5. The highest BCUT2D eigenvalue weighted by molar-refractivity contribution is 5.92. The fourth-order valence-electron chi connectivity index (χ4n) is 8.93. The van der Waals surface area contributed by atoms with E-state index in [4.69, 9.17) is 47.4 Å². The normalized spacial score (nSPS) is 43.5. The molecular formula is C41H67NO15. The summed E-state index contributed by atoms with van der Waals surface area (Å²) in [4.78, 5) is 67.4. The Morgan fingerprint density at radius 1 is 0.702 bits per heavy atom. The second-order valence-corrected chi connectivity index (χ2v) is 17.1. The SMILES string of the molecule is COC1CC(O[C@@H]2[C@H](C)[C@H](OC3OC(C)CC(N(C)C)C3OC(C)=O)[C@H](C)CC3(CO3)C(=O)[C@@H](C)C(OC(C)=O)[C@H](C)[C@H](C)OC(=O)[C@@H]2C)OC(C)C1OC(C)=O. The summed E-state index contributed by atoms with van der Waals surface area (Å²) >= 11 is 0. The molecule has 0 aliphatic carbocycles. The lowest BCUT2D eigenvalue weighted by atomic mass is 9.76. The quantitative estimate of drug-likeness (QED) is 0.187. The van der Waals surface area contributed by atoms with Gasteiger partial charge in [-0.15, -0.1) is 0 Å². The number of rotatable bonds is 9. The van der Waals surface area contributed by atoms with Gasteiger partial charge in [0.1, 0.15) is 18.3 Å². The molecule has 0 N–H and O–H groups in total. The van der Waals surface area contributed by atoms with Crippen molar-refractivity contribution >= 4 is 29.7 Å². The summed E-state index contributed by atoms with van der Waals surface area (Å²) in [5.41, 5.74) is -1.19. The van der Waals surface area contributed by atoms with Gasteiger partial charge in [-0.05, 0) is 60.5 Å². The highest BCUT2D eigenvalue weighted by Gasteiger charge is 2.58. The first kappa shape index (κ1) is 47.0. The van der Waals surface area contributed by atoms with Gasteiger partial charge in [-0.25, -0.2) is 0 Å². The van der Waals surface area contributed by atoms with Crippen LogP contribution in [0.3, 0.4) is 0 Å². The molecule has 18 atom stereocenters. The molecule has 1 spiro atoms. The third-order valence-corrected chi connectivity index (χ3v) is 12.2. The molecule has 326 valence electrons. The number of nitrogens with zero attached hydrogens (tertiary/aromatic N) is 1. The number of likely N-dealkylation sites (N-methyl/N-ethyl adjacent to an activating group) is 1. The average molecular weight is 814 g/mol. The van der Waals surface area contributed by atoms with Crippen molar-refractivity contribution in [2.24, 2.45) is 29.6 Å². The van der Waals surface area contributed by atoms with Crippen LogP contribution in [0.5, 0.6) is 0 Å². The highest BCUT2D eigenvalue weighted by Crippen LogP contribution is 2.44. The van der Waals surface area contributed by atoms with E-state index in [1.54, 1.807) is 34.6 Å². The van der Waals surface area contributed by atoms with Gasteiger partial charge in [0.25, 0.3) is 0 Å². The number of esters is 4. The maximum atomic E-state index is 14.4. The first-order chi connectivity index (χ1) is 26.6. The summed E-state index contributed by atoms with van der Waals surface area (Å²) < 4.78 is 61.5. The van der Waals surface area contributed by atoms with Crippen LogP contribution in [0.25, 0.3) is 0 Å². The Morgan fingerprint density at radius 2 is 1.28 bits per heavy atom. The highest BCUT2D eigenvalue weighted by atomic mass is 16.7. The number of epoxide rings is 1. The molecule has 0 amide bonds. The summed E-state index contributed by atoms with van der Waals surface area (Å²) in [7, 11) is 5.31. The molecule has 0 saturated carbocycles. The van der Waals surface area contributed by atoms with Gasteiger partial charge in [-0.1, -0.05) is 27.7 Å². The maximum absolute atomic E-state index is 14.4. The van der Waals surface area contributed by atoms with Gasteiger partial charge in [0.05, 0.1) is 48.9 Å². The van der Waals surface area contributed by atoms with Crippen LogP contribution >= 0.6 is 0 Å². The molecule has 16 nitrogen and oxygen atoms in total. The lowest BCUT2D eigenvalue weighted by molar-refractivity contribution is -0.301. The average Bonchev–Trinajstić information content (AvgIpc) is 3.91. The van der Waals surface area contributed by atoms with E-state index >= 15 is 0 Å². The predicted octanol–water partition coefficient (Wildman–Crippen LogP) is 3.62. The van der Waals surface area contributed by atoms with Crippen LogP contribution < -0.4 is 0 Å². The van der Waals surface area contributed by atoms with Gasteiger partial charge in [-0.3, -0.25) is 24.0 Å². The lowest BCUT2D eigenvalue weighted by Crippen LogP contribution is -2.58. The smallest absolute Gasteiger partial charge is 0.311 e. The monoisotopic (exact) mass is 813 g/mol. The Bertz CT molecular complexity index is 1420. The van der Waals surface area contributed by atoms with Crippen molar-refractivity contribution in [3.8, 4) is 0 Å². The van der Waals surface area contributed by atoms with Gasteiger partial charge in [0, 0.05) is 46.1 Å². The largest absolute Gasteiger partial charge is 0.462 e. The molecule has 0 aromatic carbocycles. The number of ketones is 1. The molecule has 16 heteroatoms. The number of carbonyl (C=O) groups excluding carboxylic acids is 5. The zero-order valence-corrected chi connectivity index (χ0v) is 36.2. The van der Waals surface area contributed by atoms with Gasteiger partial charge >= 0.3 is 23.9 Å². The molecule has 57 heavy (non-hydrogen) atoms. The number of ether oxygens (including phenoxy) is 10. The minimum absolute atomic E-state index is 0.162. The predicted molar refractivity (Wildman–Crippen MR) is 202 cm³/mol. The summed E-state index contributed by atoms with van der Waals surface area (Å²) in [6.07, 6.45) is -7.35. The third-order valence-electron chi connectivity index (χ3n) is 12.2. The van der Waals surface area contributed by atoms with Crippen LogP contribution in [-0.2, 0) is 71.3 Å². The van der Waals surface area contributed by atoms with Gasteiger partial charge < -0.3 is 52.3 Å². The van der Waals surface area contributed by atoms with E-state index in [9.17, 15) is 24.0 Å². The molecule has 4 heterocycles. The van der Waals surface area contributed by atoms with E-state index in [0.29, 0.717) is 6.42 Å². The Labute approximate surface area is 337 Å². The first-order valence-electron chi connectivity index (χ1n) is 20.3. The van der Waals surface area contributed by atoms with Crippen molar-refractivity contribution in [3.63, 3.8) is 0 Å². The van der Waals surface area contributed by atoms with E-state index < -0.39 is 120 Å². The standard InChI is InChI=1S/C41H67NO15/c1-19-17-41(18-49-41)38(46)23(5)34(53-27(9)43)21(3)25(7)52-39(47)24(6)35(56-32-16-31(48-14)36(26(8)51-32)54-28(10)44)22(4)33(19)57-40-37(55-29(11)45)30(42(12)13)15-20(2)50-40/h19-26,30-37,40H,15-18H2,1-14H3/t19-,20?,21-,22-,23+,24-,25+,26?,30?,31?,32?,33-,34?,35-,36?,37?,40?,41?/m1/s1. The first-order valence-corrected chi connectivity index (χ1v) is 20.3. The minimum Gasteiger partial charge on any atom is -0.462 e. The van der Waals surface area contributed by atoms with Gasteiger partial charge in [0.15, 0.2) is 36.2 Å². The molecule has 0 bridgehead atoms. The Balaban J connectivity index is 1.82. The molecule has 4 saturated heterocycles. The summed E-state index contributed by atoms with van der Waals surface area (Å²) in [5, 5.41) is 0. The van der Waals surface area contributed by atoms with Crippen molar-refractivity contribution in [3.05, 3.63) is 0 Å². The molecule has 0 aromatic rings. The molecule has 4 fully saturated rings.